The van der Waals surface area contributed by atoms with Crippen LogP contribution in [0.5, 0.6) is 0 Å². The lowest BCUT2D eigenvalue weighted by Crippen LogP contribution is -2.25. The summed E-state index contributed by atoms with van der Waals surface area (Å²) >= 11 is 8.99. The molecular weight excluding hydrogens is 314 g/mol. The number of thioether (sulfide) groups is 1. The minimum absolute atomic E-state index is 0.0273. The van der Waals surface area contributed by atoms with Crippen LogP contribution in [0.2, 0.25) is 4.34 Å². The van der Waals surface area contributed by atoms with E-state index in [9.17, 15) is 4.79 Å². The molecule has 0 saturated carbocycles. The largest absolute Gasteiger partial charge is 0.326 e. The molecule has 0 aromatic carbocycles. The predicted molar refractivity (Wildman–Crippen MR) is 85.8 cm³/mol. The van der Waals surface area contributed by atoms with E-state index in [1.54, 1.807) is 6.92 Å². The number of aromatic amines is 1. The van der Waals surface area contributed by atoms with Crippen molar-refractivity contribution in [2.45, 2.75) is 36.7 Å². The average Bonchev–Trinajstić information content (AvgIpc) is 2.80. The van der Waals surface area contributed by atoms with E-state index in [4.69, 9.17) is 17.3 Å². The van der Waals surface area contributed by atoms with E-state index in [1.807, 2.05) is 19.1 Å². The van der Waals surface area contributed by atoms with Crippen molar-refractivity contribution < 1.29 is 0 Å². The first-order valence-electron chi connectivity index (χ1n) is 6.25. The molecule has 0 aliphatic heterocycles. The smallest absolute Gasteiger partial charge is 0.251 e. The van der Waals surface area contributed by atoms with Gasteiger partial charge in [-0.3, -0.25) is 4.79 Å². The number of hydrogen-bond donors (Lipinski definition) is 2. The second-order valence-electron chi connectivity index (χ2n) is 4.44. The molecule has 3 N–H and O–H groups in total. The van der Waals surface area contributed by atoms with E-state index in [-0.39, 0.29) is 16.9 Å². The van der Waals surface area contributed by atoms with Crippen LogP contribution in [0.15, 0.2) is 28.2 Å². The van der Waals surface area contributed by atoms with Crippen molar-refractivity contribution in [2.75, 3.05) is 0 Å². The second kappa shape index (κ2) is 6.76. The van der Waals surface area contributed by atoms with Gasteiger partial charge in [-0.15, -0.1) is 11.3 Å². The first-order valence-corrected chi connectivity index (χ1v) is 8.32. The minimum Gasteiger partial charge on any atom is -0.326 e. The molecule has 0 saturated heterocycles. The summed E-state index contributed by atoms with van der Waals surface area (Å²) in [7, 11) is 0. The molecule has 0 radical (unpaired) electrons. The van der Waals surface area contributed by atoms with E-state index in [0.717, 1.165) is 15.6 Å². The number of nitrogens with zero attached hydrogens (tertiary/aromatic N) is 1. The van der Waals surface area contributed by atoms with Gasteiger partial charge in [0.15, 0.2) is 5.16 Å². The Balaban J connectivity index is 2.30. The Morgan fingerprint density at radius 1 is 1.55 bits per heavy atom. The maximum absolute atomic E-state index is 11.5. The molecule has 0 aliphatic rings. The monoisotopic (exact) mass is 329 g/mol. The lowest BCUT2D eigenvalue weighted by atomic mass is 10.1. The highest BCUT2D eigenvalue weighted by Crippen LogP contribution is 2.40. The fourth-order valence-corrected chi connectivity index (χ4v) is 4.35. The van der Waals surface area contributed by atoms with Crippen molar-refractivity contribution in [1.29, 1.82) is 0 Å². The molecule has 20 heavy (non-hydrogen) atoms. The normalized spacial score (nSPS) is 14.2. The first kappa shape index (κ1) is 15.6. The average molecular weight is 330 g/mol. The van der Waals surface area contributed by atoms with Crippen LogP contribution in [0, 0.1) is 6.92 Å². The fraction of sp³-hybridized carbons (Fsp3) is 0.385. The summed E-state index contributed by atoms with van der Waals surface area (Å²) in [6.45, 7) is 3.84. The van der Waals surface area contributed by atoms with Gasteiger partial charge < -0.3 is 10.7 Å². The third-order valence-electron chi connectivity index (χ3n) is 2.82. The zero-order chi connectivity index (χ0) is 14.7. The van der Waals surface area contributed by atoms with Gasteiger partial charge in [-0.25, -0.2) is 4.98 Å². The van der Waals surface area contributed by atoms with Crippen LogP contribution in [0.4, 0.5) is 0 Å². The summed E-state index contributed by atoms with van der Waals surface area (Å²) in [5.41, 5.74) is 6.76. The molecule has 108 valence electrons. The van der Waals surface area contributed by atoms with Crippen LogP contribution in [0.3, 0.4) is 0 Å². The molecule has 2 heterocycles. The lowest BCUT2D eigenvalue weighted by molar-refractivity contribution is 0.638. The summed E-state index contributed by atoms with van der Waals surface area (Å²) in [5, 5.41) is 0.621. The standard InChI is InChI=1S/C13H16ClN3OS2/c1-3-8(15)12(9-4-5-10(14)19-9)20-13-16-7(2)6-11(18)17-13/h4-6,8,12H,3,15H2,1-2H3,(H,16,17,18). The number of nitrogens with one attached hydrogen (secondary N) is 1. The summed E-state index contributed by atoms with van der Waals surface area (Å²) in [6.07, 6.45) is 0.837. The van der Waals surface area contributed by atoms with Gasteiger partial charge in [0.25, 0.3) is 5.56 Å². The third-order valence-corrected chi connectivity index (χ3v) is 5.56. The van der Waals surface area contributed by atoms with Crippen LogP contribution < -0.4 is 11.3 Å². The number of hydrogen-bond acceptors (Lipinski definition) is 5. The molecule has 0 aliphatic carbocycles. The molecule has 2 aromatic heterocycles. The van der Waals surface area contributed by atoms with Gasteiger partial charge in [0, 0.05) is 22.7 Å². The highest BCUT2D eigenvalue weighted by Gasteiger charge is 2.22. The number of rotatable bonds is 5. The molecule has 7 heteroatoms. The molecule has 0 spiro atoms. The number of aromatic nitrogens is 2. The number of H-pyrrole nitrogens is 1. The predicted octanol–water partition coefficient (Wildman–Crippen LogP) is 3.36. The molecule has 2 rings (SSSR count). The van der Waals surface area contributed by atoms with E-state index >= 15 is 0 Å². The molecule has 0 amide bonds. The van der Waals surface area contributed by atoms with E-state index in [1.165, 1.54) is 29.2 Å². The highest BCUT2D eigenvalue weighted by atomic mass is 35.5. The first-order chi connectivity index (χ1) is 9.49. The summed E-state index contributed by atoms with van der Waals surface area (Å²) in [5.74, 6) is 0. The van der Waals surface area contributed by atoms with Gasteiger partial charge in [-0.05, 0) is 25.5 Å². The molecule has 0 fully saturated rings. The lowest BCUT2D eigenvalue weighted by Gasteiger charge is -2.20. The Morgan fingerprint density at radius 2 is 2.30 bits per heavy atom. The van der Waals surface area contributed by atoms with Crippen LogP contribution >= 0.6 is 34.7 Å². The Hall–Kier alpha value is -0.820. The van der Waals surface area contributed by atoms with Crippen molar-refractivity contribution in [3.63, 3.8) is 0 Å². The Bertz CT molecular complexity index is 641. The van der Waals surface area contributed by atoms with Gasteiger partial charge in [0.1, 0.15) is 0 Å². The van der Waals surface area contributed by atoms with E-state index in [2.05, 4.69) is 9.97 Å². The van der Waals surface area contributed by atoms with E-state index < -0.39 is 0 Å². The maximum atomic E-state index is 11.5. The zero-order valence-electron chi connectivity index (χ0n) is 11.2. The number of thiophene rings is 1. The van der Waals surface area contributed by atoms with Crippen LogP contribution in [0.25, 0.3) is 0 Å². The van der Waals surface area contributed by atoms with Crippen LogP contribution in [-0.4, -0.2) is 16.0 Å². The van der Waals surface area contributed by atoms with Gasteiger partial charge in [-0.1, -0.05) is 30.3 Å². The Morgan fingerprint density at radius 3 is 2.85 bits per heavy atom. The Labute approximate surface area is 130 Å². The SMILES string of the molecule is CCC(N)C(Sc1nc(C)cc(=O)[nH]1)c1ccc(Cl)s1. The number of nitrogens with two attached hydrogens (primary N) is 1. The summed E-state index contributed by atoms with van der Waals surface area (Å²) in [4.78, 5) is 19.7. The third kappa shape index (κ3) is 3.85. The van der Waals surface area contributed by atoms with Gasteiger partial charge >= 0.3 is 0 Å². The van der Waals surface area contributed by atoms with Crippen molar-refractivity contribution >= 4 is 34.7 Å². The molecular formula is C13H16ClN3OS2. The molecule has 2 aromatic rings. The fourth-order valence-electron chi connectivity index (χ4n) is 1.78. The number of halogens is 1. The van der Waals surface area contributed by atoms with Gasteiger partial charge in [0.2, 0.25) is 0 Å². The zero-order valence-corrected chi connectivity index (χ0v) is 13.6. The maximum Gasteiger partial charge on any atom is 0.251 e. The van der Waals surface area contributed by atoms with Gasteiger partial charge in [-0.2, -0.15) is 0 Å². The second-order valence-corrected chi connectivity index (χ2v) is 7.32. The summed E-state index contributed by atoms with van der Waals surface area (Å²) < 4.78 is 0.736. The van der Waals surface area contributed by atoms with E-state index in [0.29, 0.717) is 10.9 Å². The minimum atomic E-state index is -0.145. The highest BCUT2D eigenvalue weighted by molar-refractivity contribution is 7.99. The molecule has 2 atom stereocenters. The molecule has 0 bridgehead atoms. The number of aryl methyl sites for hydroxylation is 1. The molecule has 4 nitrogen and oxygen atoms in total. The van der Waals surface area contributed by atoms with Crippen LogP contribution in [-0.2, 0) is 0 Å². The van der Waals surface area contributed by atoms with Crippen LogP contribution in [0.1, 0.15) is 29.2 Å². The molecule has 2 unspecified atom stereocenters. The van der Waals surface area contributed by atoms with Crippen molar-refractivity contribution in [1.82, 2.24) is 9.97 Å². The van der Waals surface area contributed by atoms with Crippen molar-refractivity contribution in [3.8, 4) is 0 Å². The van der Waals surface area contributed by atoms with Crippen molar-refractivity contribution in [2.24, 2.45) is 5.73 Å². The topological polar surface area (TPSA) is 71.8 Å². The summed E-state index contributed by atoms with van der Waals surface area (Å²) in [6, 6.07) is 5.29. The van der Waals surface area contributed by atoms with Crippen molar-refractivity contribution in [3.05, 3.63) is 43.5 Å². The Kier molecular flexibility index (Phi) is 5.26. The quantitative estimate of drug-likeness (QED) is 0.651. The van der Waals surface area contributed by atoms with Gasteiger partial charge in [0.05, 0.1) is 9.59 Å².